The molecule has 0 saturated carbocycles. The molecule has 3 aromatic rings. The van der Waals surface area contributed by atoms with Crippen molar-refractivity contribution < 1.29 is 19.1 Å². The summed E-state index contributed by atoms with van der Waals surface area (Å²) in [6.07, 6.45) is 4.19. The summed E-state index contributed by atoms with van der Waals surface area (Å²) in [6.45, 7) is 2.78. The van der Waals surface area contributed by atoms with E-state index in [2.05, 4.69) is 58.4 Å². The van der Waals surface area contributed by atoms with Crippen LogP contribution in [0.2, 0.25) is 0 Å². The number of ether oxygens (including phenoxy) is 2. The zero-order valence-corrected chi connectivity index (χ0v) is 19.5. The Kier molecular flexibility index (Phi) is 7.42. The van der Waals surface area contributed by atoms with Crippen molar-refractivity contribution in [2.24, 2.45) is 0 Å². The van der Waals surface area contributed by atoms with E-state index in [0.29, 0.717) is 12.1 Å². The van der Waals surface area contributed by atoms with Crippen molar-refractivity contribution in [1.82, 2.24) is 9.88 Å². The lowest BCUT2D eigenvalue weighted by molar-refractivity contribution is -0.0678. The van der Waals surface area contributed by atoms with Crippen molar-refractivity contribution in [2.75, 3.05) is 25.0 Å². The highest BCUT2D eigenvalue weighted by molar-refractivity contribution is 5.89. The lowest BCUT2D eigenvalue weighted by Gasteiger charge is -2.28. The van der Waals surface area contributed by atoms with Gasteiger partial charge in [0.25, 0.3) is 0 Å². The molecule has 7 heteroatoms. The van der Waals surface area contributed by atoms with Gasteiger partial charge in [-0.05, 0) is 54.7 Å². The Morgan fingerprint density at radius 2 is 1.62 bits per heavy atom. The number of rotatable bonds is 7. The highest BCUT2D eigenvalue weighted by Gasteiger charge is 2.21. The number of fused-ring (bicyclic) bond motifs is 2. The van der Waals surface area contributed by atoms with Crippen LogP contribution >= 0.6 is 0 Å². The minimum atomic E-state index is -1.01. The molecule has 34 heavy (non-hydrogen) atoms. The first-order valence-corrected chi connectivity index (χ1v) is 11.5. The van der Waals surface area contributed by atoms with E-state index in [4.69, 9.17) is 9.47 Å². The topological polar surface area (TPSA) is 72.0 Å². The summed E-state index contributed by atoms with van der Waals surface area (Å²) in [5, 5.41) is 0. The van der Waals surface area contributed by atoms with Crippen LogP contribution in [0, 0.1) is 0 Å². The maximum atomic E-state index is 12.5. The first-order valence-electron chi connectivity index (χ1n) is 11.5. The molecule has 0 spiro atoms. The molecule has 0 saturated heterocycles. The Hall–Kier alpha value is -3.87. The van der Waals surface area contributed by atoms with E-state index in [9.17, 15) is 9.59 Å². The molecular weight excluding hydrogens is 430 g/mol. The van der Waals surface area contributed by atoms with E-state index >= 15 is 0 Å². The SMILES string of the molecule is CC(OC(=O)c1cccnc1)OC(=O)N(C)CCCN1c2ccccc2CCc2ccccc21. The third-order valence-electron chi connectivity index (χ3n) is 5.85. The van der Waals surface area contributed by atoms with Gasteiger partial charge in [-0.1, -0.05) is 36.4 Å². The predicted octanol–water partition coefficient (Wildman–Crippen LogP) is 4.98. The molecule has 1 aromatic heterocycles. The number of nitrogens with zero attached hydrogens (tertiary/aromatic N) is 3. The van der Waals surface area contributed by atoms with Crippen LogP contribution in [0.25, 0.3) is 0 Å². The van der Waals surface area contributed by atoms with Crippen molar-refractivity contribution in [3.05, 3.63) is 89.7 Å². The Morgan fingerprint density at radius 1 is 0.971 bits per heavy atom. The van der Waals surface area contributed by atoms with E-state index in [1.54, 1.807) is 25.4 Å². The number of carbonyl (C=O) groups excluding carboxylic acids is 2. The normalized spacial score (nSPS) is 13.2. The van der Waals surface area contributed by atoms with Crippen LogP contribution in [0.4, 0.5) is 16.2 Å². The lowest BCUT2D eigenvalue weighted by atomic mass is 10.0. The number of aryl methyl sites for hydroxylation is 2. The van der Waals surface area contributed by atoms with Crippen molar-refractivity contribution in [2.45, 2.75) is 32.5 Å². The Bertz CT molecular complexity index is 1090. The maximum absolute atomic E-state index is 12.5. The second-order valence-electron chi connectivity index (χ2n) is 8.28. The fourth-order valence-corrected chi connectivity index (χ4v) is 4.13. The number of hydrogen-bond acceptors (Lipinski definition) is 6. The molecule has 0 N–H and O–H groups in total. The summed E-state index contributed by atoms with van der Waals surface area (Å²) < 4.78 is 10.5. The number of pyridine rings is 1. The van der Waals surface area contributed by atoms with Crippen molar-refractivity contribution in [3.8, 4) is 0 Å². The van der Waals surface area contributed by atoms with Crippen LogP contribution < -0.4 is 4.90 Å². The van der Waals surface area contributed by atoms with Gasteiger partial charge in [0.1, 0.15) is 0 Å². The van der Waals surface area contributed by atoms with Gasteiger partial charge < -0.3 is 19.3 Å². The first kappa shape index (κ1) is 23.3. The molecular formula is C27H29N3O4. The van der Waals surface area contributed by atoms with Gasteiger partial charge in [-0.15, -0.1) is 0 Å². The summed E-state index contributed by atoms with van der Waals surface area (Å²) in [4.78, 5) is 32.3. The average molecular weight is 460 g/mol. The first-order chi connectivity index (χ1) is 16.5. The Labute approximate surface area is 199 Å². The third-order valence-corrected chi connectivity index (χ3v) is 5.85. The predicted molar refractivity (Wildman–Crippen MR) is 130 cm³/mol. The molecule has 0 radical (unpaired) electrons. The van der Waals surface area contributed by atoms with Gasteiger partial charge in [0.15, 0.2) is 0 Å². The summed E-state index contributed by atoms with van der Waals surface area (Å²) in [6, 6.07) is 20.2. The smallest absolute Gasteiger partial charge is 0.412 e. The number of para-hydroxylation sites is 2. The van der Waals surface area contributed by atoms with Crippen LogP contribution in [0.3, 0.4) is 0 Å². The van der Waals surface area contributed by atoms with Gasteiger partial charge in [-0.25, -0.2) is 9.59 Å². The second kappa shape index (κ2) is 10.8. The van der Waals surface area contributed by atoms with Gasteiger partial charge in [0.05, 0.1) is 5.56 Å². The summed E-state index contributed by atoms with van der Waals surface area (Å²) in [5.74, 6) is -0.588. The number of benzene rings is 2. The van der Waals surface area contributed by atoms with Gasteiger partial charge in [-0.3, -0.25) is 4.98 Å². The second-order valence-corrected chi connectivity index (χ2v) is 8.28. The van der Waals surface area contributed by atoms with Gasteiger partial charge in [0.2, 0.25) is 6.29 Å². The molecule has 1 atom stereocenters. The molecule has 4 rings (SSSR count). The van der Waals surface area contributed by atoms with Crippen LogP contribution in [0.15, 0.2) is 73.1 Å². The van der Waals surface area contributed by atoms with Gasteiger partial charge in [0, 0.05) is 50.8 Å². The van der Waals surface area contributed by atoms with Gasteiger partial charge in [-0.2, -0.15) is 0 Å². The molecule has 2 aromatic carbocycles. The van der Waals surface area contributed by atoms with Crippen molar-refractivity contribution in [3.63, 3.8) is 0 Å². The number of esters is 1. The van der Waals surface area contributed by atoms with Crippen LogP contribution in [0.5, 0.6) is 0 Å². The maximum Gasteiger partial charge on any atom is 0.412 e. The molecule has 0 fully saturated rings. The Balaban J connectivity index is 1.32. The molecule has 7 nitrogen and oxygen atoms in total. The van der Waals surface area contributed by atoms with E-state index in [1.165, 1.54) is 40.5 Å². The van der Waals surface area contributed by atoms with E-state index in [0.717, 1.165) is 25.8 Å². The zero-order chi connectivity index (χ0) is 23.9. The summed E-state index contributed by atoms with van der Waals surface area (Å²) in [5.41, 5.74) is 5.39. The fraction of sp³-hybridized carbons (Fsp3) is 0.296. The minimum absolute atomic E-state index is 0.303. The standard InChI is InChI=1S/C27H29N3O4/c1-20(33-26(31)23-11-7-16-28-19-23)34-27(32)29(2)17-8-18-30-24-12-5-3-9-21(24)14-15-22-10-4-6-13-25(22)30/h3-7,9-13,16,19-20H,8,14-15,17-18H2,1-2H3. The largest absolute Gasteiger partial charge is 0.422 e. The van der Waals surface area contributed by atoms with Crippen LogP contribution in [-0.2, 0) is 22.3 Å². The summed E-state index contributed by atoms with van der Waals surface area (Å²) >= 11 is 0. The van der Waals surface area contributed by atoms with E-state index in [1.807, 2.05) is 0 Å². The quantitative estimate of drug-likeness (QED) is 0.367. The number of aromatic nitrogens is 1. The number of carbonyl (C=O) groups is 2. The third kappa shape index (κ3) is 5.54. The van der Waals surface area contributed by atoms with Crippen molar-refractivity contribution >= 4 is 23.4 Å². The lowest BCUT2D eigenvalue weighted by Crippen LogP contribution is -2.34. The highest BCUT2D eigenvalue weighted by Crippen LogP contribution is 2.35. The molecule has 1 aliphatic rings. The highest BCUT2D eigenvalue weighted by atomic mass is 16.7. The fourth-order valence-electron chi connectivity index (χ4n) is 4.13. The molecule has 0 aliphatic carbocycles. The number of hydrogen-bond donors (Lipinski definition) is 0. The summed E-state index contributed by atoms with van der Waals surface area (Å²) in [7, 11) is 1.68. The van der Waals surface area contributed by atoms with Crippen LogP contribution in [-0.4, -0.2) is 48.4 Å². The minimum Gasteiger partial charge on any atom is -0.422 e. The number of amides is 1. The van der Waals surface area contributed by atoms with Crippen LogP contribution in [0.1, 0.15) is 34.8 Å². The Morgan fingerprint density at radius 3 is 2.24 bits per heavy atom. The molecule has 2 heterocycles. The van der Waals surface area contributed by atoms with Gasteiger partial charge >= 0.3 is 12.1 Å². The molecule has 1 aliphatic heterocycles. The zero-order valence-electron chi connectivity index (χ0n) is 19.5. The molecule has 176 valence electrons. The average Bonchev–Trinajstić information content (AvgIpc) is 3.01. The number of anilines is 2. The molecule has 1 unspecified atom stereocenters. The molecule has 1 amide bonds. The molecule has 0 bridgehead atoms. The van der Waals surface area contributed by atoms with E-state index in [-0.39, 0.29) is 0 Å². The monoisotopic (exact) mass is 459 g/mol. The van der Waals surface area contributed by atoms with E-state index < -0.39 is 18.4 Å². The van der Waals surface area contributed by atoms with Crippen molar-refractivity contribution in [1.29, 1.82) is 0 Å².